The molecule has 1 N–H and O–H groups in total. The average Bonchev–Trinajstić information content (AvgIpc) is 3.12. The van der Waals surface area contributed by atoms with E-state index >= 15 is 0 Å². The monoisotopic (exact) mass is 500 g/mol. The molecule has 0 saturated heterocycles. The molecule has 2 amide bonds. The topological polar surface area (TPSA) is 91.3 Å². The smallest absolute Gasteiger partial charge is 0.333 e. The number of amides is 2. The molecular formula is C28H44N4O4. The van der Waals surface area contributed by atoms with Crippen LogP contribution in [0, 0.1) is 5.92 Å². The van der Waals surface area contributed by atoms with Gasteiger partial charge in [-0.15, -0.1) is 0 Å². The summed E-state index contributed by atoms with van der Waals surface area (Å²) in [5.74, 6) is -0.803. The van der Waals surface area contributed by atoms with Crippen molar-refractivity contribution >= 4 is 24.1 Å². The van der Waals surface area contributed by atoms with E-state index in [1.54, 1.807) is 11.2 Å². The molecule has 0 saturated carbocycles. The number of ether oxygens (including phenoxy) is 1. The van der Waals surface area contributed by atoms with Crippen LogP contribution in [-0.2, 0) is 25.7 Å². The number of hydrogen-bond donors (Lipinski definition) is 1. The Kier molecular flexibility index (Phi) is 10.1. The zero-order valence-electron chi connectivity index (χ0n) is 23.2. The molecule has 1 aliphatic rings. The van der Waals surface area contributed by atoms with Gasteiger partial charge in [0.25, 0.3) is 0 Å². The van der Waals surface area contributed by atoms with Gasteiger partial charge in [-0.05, 0) is 52.0 Å². The first kappa shape index (κ1) is 29.3. The Morgan fingerprint density at radius 3 is 2.36 bits per heavy atom. The van der Waals surface area contributed by atoms with Crippen LogP contribution in [-0.4, -0.2) is 70.7 Å². The van der Waals surface area contributed by atoms with Crippen molar-refractivity contribution < 1.29 is 19.1 Å². The highest BCUT2D eigenvalue weighted by molar-refractivity contribution is 5.88. The normalized spacial score (nSPS) is 20.4. The molecule has 3 atom stereocenters. The van der Waals surface area contributed by atoms with Gasteiger partial charge in [-0.25, -0.2) is 4.79 Å². The minimum absolute atomic E-state index is 0.0928. The standard InChI is InChI=1S/C28H44N4O4/c1-9-17-31-19-29-24(26(35)36-8)28(31,7)16-15-22(33)32(18-21-13-11-10-12-14-21)23(20(2)3)25(34)30-27(4,5)6/h10-14,19-20,23-24H,9,15-18H2,1-8H3,(H,30,34). The SMILES string of the molecule is CCCN1C=NC(C(=O)OC)C1(C)CCC(=O)N(Cc1ccccc1)C(C(=O)NC(C)(C)C)C(C)C. The van der Waals surface area contributed by atoms with E-state index in [-0.39, 0.29) is 24.2 Å². The maximum atomic E-state index is 13.8. The first-order valence-corrected chi connectivity index (χ1v) is 12.9. The molecule has 0 aliphatic carbocycles. The summed E-state index contributed by atoms with van der Waals surface area (Å²) >= 11 is 0. The number of esters is 1. The lowest BCUT2D eigenvalue weighted by atomic mass is 9.86. The number of aliphatic imine (C=N–C) groups is 1. The molecule has 0 fully saturated rings. The molecule has 0 spiro atoms. The van der Waals surface area contributed by atoms with E-state index in [0.29, 0.717) is 13.0 Å². The number of hydrogen-bond acceptors (Lipinski definition) is 6. The van der Waals surface area contributed by atoms with Crippen molar-refractivity contribution in [1.82, 2.24) is 15.1 Å². The lowest BCUT2D eigenvalue weighted by Crippen LogP contribution is -2.56. The molecule has 200 valence electrons. The van der Waals surface area contributed by atoms with E-state index in [2.05, 4.69) is 17.2 Å². The summed E-state index contributed by atoms with van der Waals surface area (Å²) in [6, 6.07) is 8.37. The van der Waals surface area contributed by atoms with Crippen LogP contribution in [0.2, 0.25) is 0 Å². The van der Waals surface area contributed by atoms with Crippen molar-refractivity contribution in [2.75, 3.05) is 13.7 Å². The second-order valence-corrected chi connectivity index (χ2v) is 11.2. The van der Waals surface area contributed by atoms with Crippen molar-refractivity contribution in [3.05, 3.63) is 35.9 Å². The molecule has 1 heterocycles. The largest absolute Gasteiger partial charge is 0.467 e. The minimum Gasteiger partial charge on any atom is -0.467 e. The highest BCUT2D eigenvalue weighted by atomic mass is 16.5. The number of nitrogens with zero attached hydrogens (tertiary/aromatic N) is 3. The lowest BCUT2D eigenvalue weighted by molar-refractivity contribution is -0.146. The van der Waals surface area contributed by atoms with E-state index in [4.69, 9.17) is 4.74 Å². The van der Waals surface area contributed by atoms with Crippen molar-refractivity contribution in [1.29, 1.82) is 0 Å². The average molecular weight is 501 g/mol. The second kappa shape index (κ2) is 12.4. The highest BCUT2D eigenvalue weighted by Crippen LogP contribution is 2.33. The molecule has 1 aromatic carbocycles. The summed E-state index contributed by atoms with van der Waals surface area (Å²) < 4.78 is 5.01. The fraction of sp³-hybridized carbons (Fsp3) is 0.643. The van der Waals surface area contributed by atoms with Crippen molar-refractivity contribution in [3.63, 3.8) is 0 Å². The molecule has 1 aromatic rings. The molecule has 8 heteroatoms. The molecule has 36 heavy (non-hydrogen) atoms. The van der Waals surface area contributed by atoms with Crippen LogP contribution in [0.3, 0.4) is 0 Å². The quantitative estimate of drug-likeness (QED) is 0.467. The van der Waals surface area contributed by atoms with Gasteiger partial charge in [-0.1, -0.05) is 51.1 Å². The number of carbonyl (C=O) groups is 3. The van der Waals surface area contributed by atoms with Gasteiger partial charge in [0.1, 0.15) is 6.04 Å². The van der Waals surface area contributed by atoms with Gasteiger partial charge in [-0.2, -0.15) is 0 Å². The van der Waals surface area contributed by atoms with E-state index in [1.165, 1.54) is 7.11 Å². The van der Waals surface area contributed by atoms with Crippen LogP contribution in [0.15, 0.2) is 35.3 Å². The predicted octanol–water partition coefficient (Wildman–Crippen LogP) is 3.79. The lowest BCUT2D eigenvalue weighted by Gasteiger charge is -2.39. The third-order valence-corrected chi connectivity index (χ3v) is 6.58. The number of rotatable bonds is 11. The second-order valence-electron chi connectivity index (χ2n) is 11.2. The Morgan fingerprint density at radius 2 is 1.83 bits per heavy atom. The number of benzene rings is 1. The summed E-state index contributed by atoms with van der Waals surface area (Å²) in [6.45, 7) is 14.8. The molecule has 0 bridgehead atoms. The third kappa shape index (κ3) is 7.31. The summed E-state index contributed by atoms with van der Waals surface area (Å²) in [5, 5.41) is 3.06. The molecule has 8 nitrogen and oxygen atoms in total. The van der Waals surface area contributed by atoms with Crippen LogP contribution in [0.1, 0.15) is 73.3 Å². The Balaban J connectivity index is 2.35. The Morgan fingerprint density at radius 1 is 1.19 bits per heavy atom. The van der Waals surface area contributed by atoms with Gasteiger partial charge < -0.3 is 19.9 Å². The van der Waals surface area contributed by atoms with Gasteiger partial charge in [0.2, 0.25) is 11.8 Å². The van der Waals surface area contributed by atoms with E-state index in [0.717, 1.165) is 18.5 Å². The van der Waals surface area contributed by atoms with Gasteiger partial charge >= 0.3 is 5.97 Å². The van der Waals surface area contributed by atoms with Gasteiger partial charge in [0.15, 0.2) is 6.04 Å². The van der Waals surface area contributed by atoms with Crippen LogP contribution in [0.4, 0.5) is 0 Å². The minimum atomic E-state index is -0.700. The van der Waals surface area contributed by atoms with E-state index < -0.39 is 29.1 Å². The first-order valence-electron chi connectivity index (χ1n) is 12.9. The van der Waals surface area contributed by atoms with Crippen LogP contribution >= 0.6 is 0 Å². The van der Waals surface area contributed by atoms with E-state index in [9.17, 15) is 14.4 Å². The van der Waals surface area contributed by atoms with Crippen LogP contribution < -0.4 is 5.32 Å². The summed E-state index contributed by atoms with van der Waals surface area (Å²) in [7, 11) is 1.36. The zero-order valence-corrected chi connectivity index (χ0v) is 23.2. The molecule has 3 unspecified atom stereocenters. The number of methoxy groups -OCH3 is 1. The number of carbonyl (C=O) groups excluding carboxylic acids is 3. The molecule has 2 rings (SSSR count). The maximum absolute atomic E-state index is 13.8. The van der Waals surface area contributed by atoms with Crippen molar-refractivity contribution in [2.45, 2.75) is 97.4 Å². The number of nitrogens with one attached hydrogen (secondary N) is 1. The fourth-order valence-electron chi connectivity index (χ4n) is 4.73. The molecular weight excluding hydrogens is 456 g/mol. The third-order valence-electron chi connectivity index (χ3n) is 6.58. The molecule has 1 aliphatic heterocycles. The van der Waals surface area contributed by atoms with E-state index in [1.807, 2.05) is 76.8 Å². The Hall–Kier alpha value is -2.90. The summed E-state index contributed by atoms with van der Waals surface area (Å²) in [6.07, 6.45) is 3.16. The molecule has 0 radical (unpaired) electrons. The highest BCUT2D eigenvalue weighted by Gasteiger charge is 2.47. The van der Waals surface area contributed by atoms with Crippen LogP contribution in [0.25, 0.3) is 0 Å². The maximum Gasteiger partial charge on any atom is 0.333 e. The van der Waals surface area contributed by atoms with Crippen molar-refractivity contribution in [2.24, 2.45) is 10.9 Å². The summed E-state index contributed by atoms with van der Waals surface area (Å²) in [5.41, 5.74) is -0.150. The Bertz CT molecular complexity index is 925. The Labute approximate surface area is 216 Å². The zero-order chi connectivity index (χ0) is 27.1. The van der Waals surface area contributed by atoms with Crippen LogP contribution in [0.5, 0.6) is 0 Å². The summed E-state index contributed by atoms with van der Waals surface area (Å²) in [4.78, 5) is 47.9. The molecule has 0 aromatic heterocycles. The first-order chi connectivity index (χ1) is 16.8. The van der Waals surface area contributed by atoms with Crippen molar-refractivity contribution in [3.8, 4) is 0 Å². The van der Waals surface area contributed by atoms with Gasteiger partial charge in [-0.3, -0.25) is 14.6 Å². The predicted molar refractivity (Wildman–Crippen MR) is 142 cm³/mol. The fourth-order valence-corrected chi connectivity index (χ4v) is 4.73. The van der Waals surface area contributed by atoms with Gasteiger partial charge in [0.05, 0.1) is 19.0 Å². The van der Waals surface area contributed by atoms with Gasteiger partial charge in [0, 0.05) is 25.0 Å².